The highest BCUT2D eigenvalue weighted by Gasteiger charge is 2.25. The van der Waals surface area contributed by atoms with Crippen LogP contribution in [0, 0.1) is 5.92 Å². The first-order chi connectivity index (χ1) is 10.1. The topological polar surface area (TPSA) is 61.8 Å². The molecule has 2 rings (SSSR count). The van der Waals surface area contributed by atoms with Gasteiger partial charge in [0.1, 0.15) is 0 Å². The molecule has 1 aliphatic rings. The average molecular weight is 352 g/mol. The minimum Gasteiger partial charge on any atom is -0.334 e. The SMILES string of the molecule is CC1CCN(C(=O)C(=O)N/N=C/c2ccc(Br)cc2)CC1. The minimum atomic E-state index is -0.682. The number of nitrogens with zero attached hydrogens (tertiary/aromatic N) is 2. The van der Waals surface area contributed by atoms with Crippen LogP contribution in [0.4, 0.5) is 0 Å². The van der Waals surface area contributed by atoms with E-state index in [0.29, 0.717) is 19.0 Å². The molecule has 1 aromatic rings. The maximum atomic E-state index is 11.9. The van der Waals surface area contributed by atoms with Crippen molar-refractivity contribution in [3.63, 3.8) is 0 Å². The highest BCUT2D eigenvalue weighted by atomic mass is 79.9. The van der Waals surface area contributed by atoms with Gasteiger partial charge in [0.2, 0.25) is 0 Å². The summed E-state index contributed by atoms with van der Waals surface area (Å²) in [6.45, 7) is 3.44. The van der Waals surface area contributed by atoms with Gasteiger partial charge in [-0.2, -0.15) is 5.10 Å². The van der Waals surface area contributed by atoms with Crippen molar-refractivity contribution < 1.29 is 9.59 Å². The Morgan fingerprint density at radius 3 is 2.52 bits per heavy atom. The van der Waals surface area contributed by atoms with Crippen molar-refractivity contribution >= 4 is 34.0 Å². The third-order valence-electron chi connectivity index (χ3n) is 3.51. The maximum absolute atomic E-state index is 11.9. The molecule has 2 amide bonds. The van der Waals surface area contributed by atoms with Crippen LogP contribution < -0.4 is 5.43 Å². The lowest BCUT2D eigenvalue weighted by atomic mass is 9.99. The molecule has 1 aromatic carbocycles. The van der Waals surface area contributed by atoms with Crippen LogP contribution in [0.2, 0.25) is 0 Å². The lowest BCUT2D eigenvalue weighted by Crippen LogP contribution is -2.45. The van der Waals surface area contributed by atoms with Crippen molar-refractivity contribution in [2.45, 2.75) is 19.8 Å². The van der Waals surface area contributed by atoms with E-state index in [1.54, 1.807) is 4.90 Å². The fourth-order valence-electron chi connectivity index (χ4n) is 2.12. The van der Waals surface area contributed by atoms with Gasteiger partial charge in [-0.3, -0.25) is 9.59 Å². The second-order valence-corrected chi connectivity index (χ2v) is 6.14. The van der Waals surface area contributed by atoms with Crippen LogP contribution in [0.5, 0.6) is 0 Å². The molecule has 5 nitrogen and oxygen atoms in total. The van der Waals surface area contributed by atoms with E-state index in [1.165, 1.54) is 6.21 Å². The lowest BCUT2D eigenvalue weighted by Gasteiger charge is -2.29. The predicted octanol–water partition coefficient (Wildman–Crippen LogP) is 2.16. The van der Waals surface area contributed by atoms with Gasteiger partial charge in [0, 0.05) is 17.6 Å². The third-order valence-corrected chi connectivity index (χ3v) is 4.04. The number of hydrogen-bond acceptors (Lipinski definition) is 3. The van der Waals surface area contributed by atoms with Crippen molar-refractivity contribution in [2.75, 3.05) is 13.1 Å². The molecule has 0 saturated carbocycles. The Balaban J connectivity index is 1.83. The van der Waals surface area contributed by atoms with Crippen LogP contribution in [-0.4, -0.2) is 36.0 Å². The number of halogens is 1. The van der Waals surface area contributed by atoms with Gasteiger partial charge in [0.25, 0.3) is 0 Å². The van der Waals surface area contributed by atoms with E-state index in [9.17, 15) is 9.59 Å². The number of carbonyl (C=O) groups excluding carboxylic acids is 2. The van der Waals surface area contributed by atoms with Gasteiger partial charge in [-0.25, -0.2) is 5.43 Å². The Morgan fingerprint density at radius 2 is 1.90 bits per heavy atom. The summed E-state index contributed by atoms with van der Waals surface area (Å²) < 4.78 is 0.971. The summed E-state index contributed by atoms with van der Waals surface area (Å²) >= 11 is 3.34. The van der Waals surface area contributed by atoms with E-state index in [1.807, 2.05) is 24.3 Å². The second-order valence-electron chi connectivity index (χ2n) is 5.23. The second kappa shape index (κ2) is 7.36. The van der Waals surface area contributed by atoms with Gasteiger partial charge in [-0.1, -0.05) is 35.0 Å². The van der Waals surface area contributed by atoms with Gasteiger partial charge >= 0.3 is 11.8 Å². The standard InChI is InChI=1S/C15H18BrN3O2/c1-11-6-8-19(9-7-11)15(21)14(20)18-17-10-12-2-4-13(16)5-3-12/h2-5,10-11H,6-9H2,1H3,(H,18,20)/b17-10+. The average Bonchev–Trinajstić information content (AvgIpc) is 2.49. The summed E-state index contributed by atoms with van der Waals surface area (Å²) in [5.41, 5.74) is 3.13. The molecule has 0 bridgehead atoms. The normalized spacial score (nSPS) is 16.2. The van der Waals surface area contributed by atoms with Crippen molar-refractivity contribution in [1.82, 2.24) is 10.3 Å². The van der Waals surface area contributed by atoms with Crippen molar-refractivity contribution in [3.8, 4) is 0 Å². The molecule has 1 fully saturated rings. The number of piperidine rings is 1. The van der Waals surface area contributed by atoms with E-state index in [0.717, 1.165) is 22.9 Å². The van der Waals surface area contributed by atoms with Crippen LogP contribution in [0.1, 0.15) is 25.3 Å². The number of carbonyl (C=O) groups is 2. The maximum Gasteiger partial charge on any atom is 0.329 e. The van der Waals surface area contributed by atoms with E-state index in [2.05, 4.69) is 33.4 Å². The Morgan fingerprint density at radius 1 is 1.29 bits per heavy atom. The molecule has 0 aliphatic carbocycles. The number of amides is 2. The molecular weight excluding hydrogens is 334 g/mol. The van der Waals surface area contributed by atoms with E-state index < -0.39 is 11.8 Å². The molecule has 1 saturated heterocycles. The summed E-state index contributed by atoms with van der Waals surface area (Å²) in [6, 6.07) is 7.47. The lowest BCUT2D eigenvalue weighted by molar-refractivity contribution is -0.146. The molecule has 1 N–H and O–H groups in total. The molecule has 6 heteroatoms. The van der Waals surface area contributed by atoms with Gasteiger partial charge in [-0.05, 0) is 36.5 Å². The van der Waals surface area contributed by atoms with Gasteiger partial charge in [0.15, 0.2) is 0 Å². The molecule has 1 aliphatic heterocycles. The Hall–Kier alpha value is -1.69. The first kappa shape index (κ1) is 15.7. The monoisotopic (exact) mass is 351 g/mol. The fourth-order valence-corrected chi connectivity index (χ4v) is 2.38. The third kappa shape index (κ3) is 4.67. The smallest absolute Gasteiger partial charge is 0.329 e. The fraction of sp³-hybridized carbons (Fsp3) is 0.400. The molecule has 0 unspecified atom stereocenters. The minimum absolute atomic E-state index is 0.505. The number of likely N-dealkylation sites (tertiary alicyclic amines) is 1. The zero-order chi connectivity index (χ0) is 15.2. The predicted molar refractivity (Wildman–Crippen MR) is 84.9 cm³/mol. The Kier molecular flexibility index (Phi) is 5.50. The van der Waals surface area contributed by atoms with Crippen LogP contribution >= 0.6 is 15.9 Å². The van der Waals surface area contributed by atoms with Crippen LogP contribution in [-0.2, 0) is 9.59 Å². The quantitative estimate of drug-likeness (QED) is 0.504. The zero-order valence-electron chi connectivity index (χ0n) is 11.9. The van der Waals surface area contributed by atoms with Crippen molar-refractivity contribution in [2.24, 2.45) is 11.0 Å². The van der Waals surface area contributed by atoms with Crippen LogP contribution in [0.25, 0.3) is 0 Å². The molecule has 0 radical (unpaired) electrons. The number of rotatable bonds is 2. The van der Waals surface area contributed by atoms with Gasteiger partial charge < -0.3 is 4.90 Å². The van der Waals surface area contributed by atoms with E-state index in [4.69, 9.17) is 0 Å². The summed E-state index contributed by atoms with van der Waals surface area (Å²) in [4.78, 5) is 25.3. The first-order valence-corrected chi connectivity index (χ1v) is 7.73. The van der Waals surface area contributed by atoms with E-state index >= 15 is 0 Å². The molecule has 21 heavy (non-hydrogen) atoms. The molecular formula is C15H18BrN3O2. The van der Waals surface area contributed by atoms with Gasteiger partial charge in [0.05, 0.1) is 6.21 Å². The largest absolute Gasteiger partial charge is 0.334 e. The molecule has 0 atom stereocenters. The van der Waals surface area contributed by atoms with Crippen molar-refractivity contribution in [3.05, 3.63) is 34.3 Å². The Bertz CT molecular complexity index is 534. The van der Waals surface area contributed by atoms with E-state index in [-0.39, 0.29) is 0 Å². The molecule has 0 spiro atoms. The highest BCUT2D eigenvalue weighted by Crippen LogP contribution is 2.15. The number of benzene rings is 1. The number of hydrazone groups is 1. The van der Waals surface area contributed by atoms with Gasteiger partial charge in [-0.15, -0.1) is 0 Å². The summed E-state index contributed by atoms with van der Waals surface area (Å²) in [6.07, 6.45) is 3.40. The molecule has 112 valence electrons. The number of hydrogen-bond donors (Lipinski definition) is 1. The Labute approximate surface area is 132 Å². The summed E-state index contributed by atoms with van der Waals surface area (Å²) in [7, 11) is 0. The van der Waals surface area contributed by atoms with Crippen LogP contribution in [0.3, 0.4) is 0 Å². The summed E-state index contributed by atoms with van der Waals surface area (Å²) in [5.74, 6) is -0.569. The molecule has 1 heterocycles. The first-order valence-electron chi connectivity index (χ1n) is 6.94. The molecule has 0 aromatic heterocycles. The highest BCUT2D eigenvalue weighted by molar-refractivity contribution is 9.10. The zero-order valence-corrected chi connectivity index (χ0v) is 13.5. The number of nitrogens with one attached hydrogen (secondary N) is 1. The summed E-state index contributed by atoms with van der Waals surface area (Å²) in [5, 5.41) is 3.81. The van der Waals surface area contributed by atoms with Crippen molar-refractivity contribution in [1.29, 1.82) is 0 Å². The van der Waals surface area contributed by atoms with Crippen LogP contribution in [0.15, 0.2) is 33.8 Å².